The number of nitrogens with zero attached hydrogens (tertiary/aromatic N) is 4. The minimum Gasteiger partial charge on any atom is -0.471 e. The molecule has 0 spiro atoms. The van der Waals surface area contributed by atoms with Crippen molar-refractivity contribution >= 4 is 27.5 Å². The second kappa shape index (κ2) is 12.0. The molecule has 1 aromatic carbocycles. The summed E-state index contributed by atoms with van der Waals surface area (Å²) in [6, 6.07) is 9.36. The van der Waals surface area contributed by atoms with Gasteiger partial charge in [0.25, 0.3) is 0 Å². The highest BCUT2D eigenvalue weighted by Crippen LogP contribution is 2.36. The van der Waals surface area contributed by atoms with Gasteiger partial charge in [0.05, 0.1) is 26.3 Å². The molecule has 3 aliphatic heterocycles. The molecule has 5 rings (SSSR count). The highest BCUT2D eigenvalue weighted by molar-refractivity contribution is 9.10. The van der Waals surface area contributed by atoms with E-state index in [1.807, 2.05) is 17.9 Å². The van der Waals surface area contributed by atoms with Crippen LogP contribution >= 0.6 is 15.9 Å². The van der Waals surface area contributed by atoms with Crippen molar-refractivity contribution in [1.82, 2.24) is 20.1 Å². The van der Waals surface area contributed by atoms with E-state index in [4.69, 9.17) is 9.47 Å². The lowest BCUT2D eigenvalue weighted by Gasteiger charge is -2.44. The van der Waals surface area contributed by atoms with Crippen LogP contribution in [0, 0.1) is 5.82 Å². The van der Waals surface area contributed by atoms with Crippen LogP contribution in [-0.2, 0) is 16.0 Å². The maximum absolute atomic E-state index is 13.9. The summed E-state index contributed by atoms with van der Waals surface area (Å²) in [5, 5.41) is 3.60. The predicted octanol–water partition coefficient (Wildman–Crippen LogP) is 3.07. The fourth-order valence-electron chi connectivity index (χ4n) is 5.52. The van der Waals surface area contributed by atoms with Crippen molar-refractivity contribution in [2.24, 2.45) is 0 Å². The molecule has 10 heteroatoms. The number of hydrogen-bond donors (Lipinski definition) is 1. The van der Waals surface area contributed by atoms with Gasteiger partial charge in [-0.25, -0.2) is 9.37 Å². The van der Waals surface area contributed by atoms with E-state index in [1.165, 1.54) is 12.1 Å². The largest absolute Gasteiger partial charge is 0.471 e. The van der Waals surface area contributed by atoms with Crippen molar-refractivity contribution in [1.29, 1.82) is 0 Å². The van der Waals surface area contributed by atoms with E-state index in [0.29, 0.717) is 47.8 Å². The smallest absolute Gasteiger partial charge is 0.241 e. The van der Waals surface area contributed by atoms with Crippen molar-refractivity contribution in [3.05, 3.63) is 51.9 Å². The van der Waals surface area contributed by atoms with Gasteiger partial charge in [0.1, 0.15) is 22.2 Å². The lowest BCUT2D eigenvalue weighted by atomic mass is 10.1. The van der Waals surface area contributed by atoms with Gasteiger partial charge in [-0.3, -0.25) is 14.6 Å². The Morgan fingerprint density at radius 1 is 1.18 bits per heavy atom. The number of halogens is 2. The third-order valence-electron chi connectivity index (χ3n) is 7.66. The van der Waals surface area contributed by atoms with Gasteiger partial charge in [0.2, 0.25) is 11.8 Å². The Labute approximate surface area is 232 Å². The monoisotopic (exact) mass is 589 g/mol. The molecule has 1 aromatic heterocycles. The topological polar surface area (TPSA) is 70.2 Å². The van der Waals surface area contributed by atoms with Gasteiger partial charge < -0.3 is 19.7 Å². The minimum atomic E-state index is -0.265. The van der Waals surface area contributed by atoms with Crippen LogP contribution in [0.2, 0.25) is 0 Å². The SMILES string of the molecule is CC1CN(C(=O)CN2C[C@@H](C)NC[C@@H]2CN2CCOC[C@H]2C)c2cc(Cc3ccc(F)cc3)c(Br)nc2O1. The number of nitrogens with one attached hydrogen (secondary N) is 1. The Bertz CT molecular complexity index is 1140. The van der Waals surface area contributed by atoms with Crippen LogP contribution in [0.4, 0.5) is 10.1 Å². The average molecular weight is 591 g/mol. The van der Waals surface area contributed by atoms with Crippen molar-refractivity contribution < 1.29 is 18.7 Å². The summed E-state index contributed by atoms with van der Waals surface area (Å²) in [7, 11) is 0. The summed E-state index contributed by atoms with van der Waals surface area (Å²) in [4.78, 5) is 25.2. The number of pyridine rings is 1. The van der Waals surface area contributed by atoms with E-state index < -0.39 is 0 Å². The molecule has 38 heavy (non-hydrogen) atoms. The number of rotatable bonds is 6. The lowest BCUT2D eigenvalue weighted by molar-refractivity contribution is -0.121. The Morgan fingerprint density at radius 2 is 1.97 bits per heavy atom. The zero-order chi connectivity index (χ0) is 26.8. The van der Waals surface area contributed by atoms with Gasteiger partial charge in [-0.05, 0) is 66.0 Å². The molecular weight excluding hydrogens is 553 g/mol. The van der Waals surface area contributed by atoms with Crippen LogP contribution in [0.5, 0.6) is 5.88 Å². The molecule has 0 bridgehead atoms. The first-order chi connectivity index (χ1) is 18.3. The summed E-state index contributed by atoms with van der Waals surface area (Å²) >= 11 is 3.57. The fourth-order valence-corrected chi connectivity index (χ4v) is 5.93. The number of anilines is 1. The molecule has 0 aliphatic carbocycles. The summed E-state index contributed by atoms with van der Waals surface area (Å²) in [6.45, 7) is 12.1. The molecule has 0 saturated carbocycles. The summed E-state index contributed by atoms with van der Waals surface area (Å²) in [6.07, 6.45) is 0.397. The number of ether oxygens (including phenoxy) is 2. The molecule has 0 radical (unpaired) electrons. The molecular formula is C28H37BrFN5O3. The summed E-state index contributed by atoms with van der Waals surface area (Å²) < 4.78 is 25.7. The Balaban J connectivity index is 1.35. The van der Waals surface area contributed by atoms with Crippen LogP contribution in [0.15, 0.2) is 34.9 Å². The Kier molecular flexibility index (Phi) is 8.64. The van der Waals surface area contributed by atoms with Crippen LogP contribution < -0.4 is 15.0 Å². The van der Waals surface area contributed by atoms with Crippen molar-refractivity contribution in [3.63, 3.8) is 0 Å². The van der Waals surface area contributed by atoms with E-state index in [9.17, 15) is 9.18 Å². The van der Waals surface area contributed by atoms with E-state index in [-0.39, 0.29) is 23.9 Å². The van der Waals surface area contributed by atoms with Crippen LogP contribution in [-0.4, -0.2) is 97.4 Å². The molecule has 2 aromatic rings. The van der Waals surface area contributed by atoms with Crippen molar-refractivity contribution in [2.45, 2.75) is 51.4 Å². The summed E-state index contributed by atoms with van der Waals surface area (Å²) in [5.41, 5.74) is 2.57. The normalized spacial score (nSPS) is 26.6. The molecule has 1 N–H and O–H groups in total. The second-order valence-electron chi connectivity index (χ2n) is 10.8. The fraction of sp³-hybridized carbons (Fsp3) is 0.571. The first kappa shape index (κ1) is 27.5. The third-order valence-corrected chi connectivity index (χ3v) is 8.35. The van der Waals surface area contributed by atoms with Crippen LogP contribution in [0.3, 0.4) is 0 Å². The molecule has 2 saturated heterocycles. The number of amides is 1. The quantitative estimate of drug-likeness (QED) is 0.519. The summed E-state index contributed by atoms with van der Waals surface area (Å²) in [5.74, 6) is 0.241. The molecule has 3 aliphatic rings. The zero-order valence-electron chi connectivity index (χ0n) is 22.3. The van der Waals surface area contributed by atoms with Gasteiger partial charge >= 0.3 is 0 Å². The molecule has 4 heterocycles. The third kappa shape index (κ3) is 6.37. The molecule has 1 unspecified atom stereocenters. The number of fused-ring (bicyclic) bond motifs is 1. The predicted molar refractivity (Wildman–Crippen MR) is 148 cm³/mol. The van der Waals surface area contributed by atoms with Gasteiger partial charge in [-0.15, -0.1) is 0 Å². The number of aromatic nitrogens is 1. The first-order valence-electron chi connectivity index (χ1n) is 13.5. The van der Waals surface area contributed by atoms with Crippen molar-refractivity contribution in [3.8, 4) is 5.88 Å². The number of hydrogen-bond acceptors (Lipinski definition) is 7. The minimum absolute atomic E-state index is 0.0485. The maximum atomic E-state index is 13.9. The average Bonchev–Trinajstić information content (AvgIpc) is 2.88. The highest BCUT2D eigenvalue weighted by Gasteiger charge is 2.35. The van der Waals surface area contributed by atoms with Gasteiger partial charge in [0.15, 0.2) is 0 Å². The van der Waals surface area contributed by atoms with E-state index >= 15 is 0 Å². The molecule has 2 fully saturated rings. The first-order valence-corrected chi connectivity index (χ1v) is 14.3. The molecule has 8 nitrogen and oxygen atoms in total. The Morgan fingerprint density at radius 3 is 2.74 bits per heavy atom. The number of carbonyl (C=O) groups excluding carboxylic acids is 1. The van der Waals surface area contributed by atoms with Crippen molar-refractivity contribution in [2.75, 3.05) is 57.4 Å². The molecule has 206 valence electrons. The van der Waals surface area contributed by atoms with E-state index in [2.05, 4.69) is 49.9 Å². The highest BCUT2D eigenvalue weighted by atomic mass is 79.9. The molecule has 4 atom stereocenters. The maximum Gasteiger partial charge on any atom is 0.241 e. The zero-order valence-corrected chi connectivity index (χ0v) is 23.9. The van der Waals surface area contributed by atoms with Gasteiger partial charge in [-0.1, -0.05) is 12.1 Å². The standard InChI is InChI=1S/C28H37BrFN5O3/c1-18-13-34(24(12-31-18)15-33-8-9-37-17-19(33)2)16-26(36)35-14-20(3)38-28-25(35)11-22(27(29)32-28)10-21-4-6-23(30)7-5-21/h4-7,11,18-20,24,31H,8-10,12-17H2,1-3H3/t18-,19-,20?,24-/m1/s1. The van der Waals surface area contributed by atoms with E-state index in [0.717, 1.165) is 50.5 Å². The number of morpholine rings is 1. The van der Waals surface area contributed by atoms with Gasteiger partial charge in [-0.2, -0.15) is 0 Å². The van der Waals surface area contributed by atoms with E-state index in [1.54, 1.807) is 12.1 Å². The van der Waals surface area contributed by atoms with Gasteiger partial charge in [0, 0.05) is 50.7 Å². The van der Waals surface area contributed by atoms with Crippen LogP contribution in [0.25, 0.3) is 0 Å². The number of piperazine rings is 1. The Hall–Kier alpha value is -2.11. The lowest BCUT2D eigenvalue weighted by Crippen LogP contribution is -2.62. The van der Waals surface area contributed by atoms with Crippen LogP contribution in [0.1, 0.15) is 31.9 Å². The second-order valence-corrected chi connectivity index (χ2v) is 11.6. The number of benzene rings is 1. The number of carbonyl (C=O) groups is 1. The molecule has 1 amide bonds.